The fourth-order valence-corrected chi connectivity index (χ4v) is 6.28. The first-order valence-corrected chi connectivity index (χ1v) is 14.0. The van der Waals surface area contributed by atoms with Crippen molar-refractivity contribution < 1.29 is 4.79 Å². The number of nitrogens with zero attached hydrogens (tertiary/aromatic N) is 4. The van der Waals surface area contributed by atoms with Crippen molar-refractivity contribution in [3.05, 3.63) is 57.6 Å². The fourth-order valence-electron chi connectivity index (χ4n) is 5.58. The summed E-state index contributed by atoms with van der Waals surface area (Å²) in [5.41, 5.74) is 3.15. The molecule has 2 aromatic heterocycles. The topological polar surface area (TPSA) is 72.7 Å². The molecule has 1 aromatic carbocycles. The van der Waals surface area contributed by atoms with E-state index < -0.39 is 0 Å². The Morgan fingerprint density at radius 3 is 2.66 bits per heavy atom. The minimum absolute atomic E-state index is 0.0195. The van der Waals surface area contributed by atoms with E-state index in [0.717, 1.165) is 39.7 Å². The molecule has 186 valence electrons. The zero-order valence-corrected chi connectivity index (χ0v) is 22.1. The number of rotatable bonds is 10. The van der Waals surface area contributed by atoms with Gasteiger partial charge in [0.1, 0.15) is 11.6 Å². The molecular formula is C28H37N5OS. The summed E-state index contributed by atoms with van der Waals surface area (Å²) in [5, 5.41) is 15.7. The normalized spacial score (nSPS) is 20.6. The van der Waals surface area contributed by atoms with E-state index in [9.17, 15) is 4.79 Å². The van der Waals surface area contributed by atoms with Crippen LogP contribution in [0.1, 0.15) is 98.0 Å². The number of hydrogen-bond donors (Lipinski definition) is 1. The number of amides is 1. The van der Waals surface area contributed by atoms with Crippen molar-refractivity contribution in [2.24, 2.45) is 11.8 Å². The molecule has 1 amide bonds. The summed E-state index contributed by atoms with van der Waals surface area (Å²) < 4.78 is 2.42. The molecule has 0 unspecified atom stereocenters. The van der Waals surface area contributed by atoms with Gasteiger partial charge in [0.2, 0.25) is 5.91 Å². The zero-order chi connectivity index (χ0) is 24.5. The number of carbonyl (C=O) groups is 1. The van der Waals surface area contributed by atoms with Gasteiger partial charge in [0.25, 0.3) is 0 Å². The number of aromatic nitrogens is 4. The van der Waals surface area contributed by atoms with Crippen LogP contribution in [0.5, 0.6) is 0 Å². The highest BCUT2D eigenvalue weighted by atomic mass is 32.1. The molecule has 1 N–H and O–H groups in total. The third kappa shape index (κ3) is 5.66. The molecule has 0 spiro atoms. The molecular weight excluding hydrogens is 454 g/mol. The summed E-state index contributed by atoms with van der Waals surface area (Å²) in [6.45, 7) is 8.73. The van der Waals surface area contributed by atoms with E-state index in [4.69, 9.17) is 10.2 Å². The Kier molecular flexibility index (Phi) is 7.05. The van der Waals surface area contributed by atoms with Gasteiger partial charge in [-0.05, 0) is 69.4 Å². The van der Waals surface area contributed by atoms with Crippen LogP contribution in [-0.2, 0) is 11.2 Å². The number of hydrogen-bond acceptors (Lipinski definition) is 5. The summed E-state index contributed by atoms with van der Waals surface area (Å²) in [5.74, 6) is 4.16. The van der Waals surface area contributed by atoms with E-state index >= 15 is 0 Å². The maximum absolute atomic E-state index is 13.2. The van der Waals surface area contributed by atoms with Gasteiger partial charge in [-0.1, -0.05) is 31.5 Å². The molecule has 2 aliphatic rings. The maximum atomic E-state index is 13.2. The lowest BCUT2D eigenvalue weighted by molar-refractivity contribution is -0.116. The van der Waals surface area contributed by atoms with Crippen molar-refractivity contribution in [3.8, 4) is 0 Å². The van der Waals surface area contributed by atoms with E-state index in [1.807, 2.05) is 30.6 Å². The van der Waals surface area contributed by atoms with Gasteiger partial charge in [0.15, 0.2) is 0 Å². The van der Waals surface area contributed by atoms with Crippen LogP contribution in [-0.4, -0.2) is 25.7 Å². The molecule has 0 radical (unpaired) electrons. The largest absolute Gasteiger partial charge is 0.326 e. The van der Waals surface area contributed by atoms with E-state index in [2.05, 4.69) is 41.7 Å². The van der Waals surface area contributed by atoms with Gasteiger partial charge >= 0.3 is 0 Å². The summed E-state index contributed by atoms with van der Waals surface area (Å²) in [4.78, 5) is 17.7. The van der Waals surface area contributed by atoms with Gasteiger partial charge < -0.3 is 9.88 Å². The fraction of sp³-hybridized carbons (Fsp3) is 0.571. The van der Waals surface area contributed by atoms with Gasteiger partial charge in [0, 0.05) is 48.0 Å². The standard InChI is InChI=1S/C28H37N5OS/c1-17(2)11-20-13-21(14-20)27-31-32-28(33(27)23-6-7-23)22(16-26-29-9-10-35-26)15-25(34)30-24-8-5-18(3)12-19(24)4/h5,8-10,12,17,20-23H,6-7,11,13-16H2,1-4H3,(H,30,34)/t20-,21+,22-/m0/s1. The molecule has 5 rings (SSSR count). The predicted octanol–water partition coefficient (Wildman–Crippen LogP) is 6.58. The van der Waals surface area contributed by atoms with Crippen molar-refractivity contribution in [3.63, 3.8) is 0 Å². The Hall–Kier alpha value is -2.54. The van der Waals surface area contributed by atoms with Gasteiger partial charge in [-0.25, -0.2) is 4.98 Å². The van der Waals surface area contributed by atoms with Crippen LogP contribution >= 0.6 is 11.3 Å². The number of thiazole rings is 1. The molecule has 6 nitrogen and oxygen atoms in total. The lowest BCUT2D eigenvalue weighted by Crippen LogP contribution is -2.27. The number of aryl methyl sites for hydroxylation is 2. The van der Waals surface area contributed by atoms with Gasteiger partial charge in [0.05, 0.1) is 5.01 Å². The van der Waals surface area contributed by atoms with Crippen LogP contribution in [0.25, 0.3) is 0 Å². The Morgan fingerprint density at radius 2 is 2.00 bits per heavy atom. The Balaban J connectivity index is 1.37. The van der Waals surface area contributed by atoms with Crippen molar-refractivity contribution in [2.75, 3.05) is 5.32 Å². The lowest BCUT2D eigenvalue weighted by Gasteiger charge is -2.36. The van der Waals surface area contributed by atoms with E-state index in [1.165, 1.54) is 37.7 Å². The Labute approximate surface area is 212 Å². The van der Waals surface area contributed by atoms with Gasteiger partial charge in [-0.15, -0.1) is 21.5 Å². The van der Waals surface area contributed by atoms with Gasteiger partial charge in [-0.2, -0.15) is 0 Å². The molecule has 2 saturated carbocycles. The summed E-state index contributed by atoms with van der Waals surface area (Å²) in [6.07, 6.45) is 9.01. The molecule has 0 saturated heterocycles. The Bertz CT molecular complexity index is 1160. The van der Waals surface area contributed by atoms with Crippen LogP contribution in [0.4, 0.5) is 5.69 Å². The molecule has 2 fully saturated rings. The van der Waals surface area contributed by atoms with Crippen molar-refractivity contribution >= 4 is 22.9 Å². The minimum Gasteiger partial charge on any atom is -0.326 e. The first-order valence-electron chi connectivity index (χ1n) is 13.1. The van der Waals surface area contributed by atoms with Crippen LogP contribution < -0.4 is 5.32 Å². The zero-order valence-electron chi connectivity index (χ0n) is 21.3. The molecule has 2 heterocycles. The SMILES string of the molecule is Cc1ccc(NC(=O)C[C@@H](Cc2nccs2)c2nnc([C@H]3C[C@@H](CC(C)C)C3)n2C2CC2)c(C)c1. The average molecular weight is 492 g/mol. The first-order chi connectivity index (χ1) is 16.9. The van der Waals surface area contributed by atoms with Crippen LogP contribution in [0, 0.1) is 25.7 Å². The third-order valence-corrected chi connectivity index (χ3v) is 8.23. The quantitative estimate of drug-likeness (QED) is 0.348. The van der Waals surface area contributed by atoms with Crippen LogP contribution in [0.15, 0.2) is 29.8 Å². The predicted molar refractivity (Wildman–Crippen MR) is 141 cm³/mol. The highest BCUT2D eigenvalue weighted by Crippen LogP contribution is 2.48. The molecule has 7 heteroatoms. The van der Waals surface area contributed by atoms with Crippen LogP contribution in [0.2, 0.25) is 0 Å². The summed E-state index contributed by atoms with van der Waals surface area (Å²) >= 11 is 1.65. The van der Waals surface area contributed by atoms with Crippen molar-refractivity contribution in [2.45, 2.75) is 90.5 Å². The van der Waals surface area contributed by atoms with E-state index in [1.54, 1.807) is 11.3 Å². The van der Waals surface area contributed by atoms with E-state index in [-0.39, 0.29) is 11.8 Å². The van der Waals surface area contributed by atoms with Crippen LogP contribution in [0.3, 0.4) is 0 Å². The highest BCUT2D eigenvalue weighted by molar-refractivity contribution is 7.09. The highest BCUT2D eigenvalue weighted by Gasteiger charge is 2.39. The second-order valence-corrected chi connectivity index (χ2v) is 12.1. The van der Waals surface area contributed by atoms with Gasteiger partial charge in [-0.3, -0.25) is 4.79 Å². The molecule has 2 aliphatic carbocycles. The third-order valence-electron chi connectivity index (χ3n) is 7.42. The second-order valence-electron chi connectivity index (χ2n) is 11.1. The lowest BCUT2D eigenvalue weighted by atomic mass is 9.71. The molecule has 3 aromatic rings. The van der Waals surface area contributed by atoms with E-state index in [0.29, 0.717) is 24.8 Å². The first kappa shape index (κ1) is 24.2. The monoisotopic (exact) mass is 491 g/mol. The number of anilines is 1. The minimum atomic E-state index is -0.0414. The number of carbonyl (C=O) groups excluding carboxylic acids is 1. The number of benzene rings is 1. The average Bonchev–Trinajstić information content (AvgIpc) is 3.30. The molecule has 1 atom stereocenters. The maximum Gasteiger partial charge on any atom is 0.225 e. The second kappa shape index (κ2) is 10.2. The summed E-state index contributed by atoms with van der Waals surface area (Å²) in [7, 11) is 0. The smallest absolute Gasteiger partial charge is 0.225 e. The number of nitrogens with one attached hydrogen (secondary N) is 1. The molecule has 0 aliphatic heterocycles. The summed E-state index contributed by atoms with van der Waals surface area (Å²) in [6, 6.07) is 6.62. The molecule has 0 bridgehead atoms. The molecule has 35 heavy (non-hydrogen) atoms. The van der Waals surface area contributed by atoms with Crippen molar-refractivity contribution in [1.82, 2.24) is 19.7 Å². The van der Waals surface area contributed by atoms with Crippen molar-refractivity contribution in [1.29, 1.82) is 0 Å². The Morgan fingerprint density at radius 1 is 1.20 bits per heavy atom.